The van der Waals surface area contributed by atoms with Crippen molar-refractivity contribution >= 4 is 35.0 Å². The summed E-state index contributed by atoms with van der Waals surface area (Å²) in [5.41, 5.74) is 6.75. The van der Waals surface area contributed by atoms with Crippen molar-refractivity contribution in [1.29, 1.82) is 0 Å². The summed E-state index contributed by atoms with van der Waals surface area (Å²) in [7, 11) is 1.57. The Morgan fingerprint density at radius 3 is 2.40 bits per heavy atom. The third kappa shape index (κ3) is 4.47. The van der Waals surface area contributed by atoms with Crippen LogP contribution in [-0.2, 0) is 10.2 Å². The molecule has 0 aliphatic carbocycles. The Bertz CT molecular complexity index is 1400. The molecule has 6 nitrogen and oxygen atoms in total. The van der Waals surface area contributed by atoms with Crippen LogP contribution >= 0.6 is 23.2 Å². The molecule has 2 aliphatic heterocycles. The van der Waals surface area contributed by atoms with Gasteiger partial charge < -0.3 is 20.7 Å². The van der Waals surface area contributed by atoms with E-state index in [1.54, 1.807) is 25.3 Å². The lowest BCUT2D eigenvalue weighted by Crippen LogP contribution is -2.70. The normalized spacial score (nSPS) is 26.4. The van der Waals surface area contributed by atoms with Crippen molar-refractivity contribution in [3.8, 4) is 5.75 Å². The number of halogens is 2. The maximum Gasteiger partial charge on any atom is 0.258 e. The van der Waals surface area contributed by atoms with Gasteiger partial charge in [0.2, 0.25) is 5.91 Å². The first-order valence-corrected chi connectivity index (χ1v) is 14.5. The van der Waals surface area contributed by atoms with Crippen molar-refractivity contribution in [2.75, 3.05) is 26.7 Å². The summed E-state index contributed by atoms with van der Waals surface area (Å²) in [5, 5.41) is 4.34. The minimum absolute atomic E-state index is 0.0540. The number of hydrogen-bond acceptors (Lipinski definition) is 4. The molecule has 4 unspecified atom stereocenters. The van der Waals surface area contributed by atoms with Gasteiger partial charge in [0.25, 0.3) is 5.91 Å². The topological polar surface area (TPSA) is 84.7 Å². The molecule has 0 spiro atoms. The first kappa shape index (κ1) is 28.5. The molecule has 8 heteroatoms. The Morgan fingerprint density at radius 2 is 1.77 bits per heavy atom. The van der Waals surface area contributed by atoms with E-state index in [0.29, 0.717) is 47.3 Å². The van der Waals surface area contributed by atoms with Gasteiger partial charge in [0.05, 0.1) is 33.7 Å². The third-order valence-corrected chi connectivity index (χ3v) is 9.89. The van der Waals surface area contributed by atoms with E-state index >= 15 is 0 Å². The number of nitrogens with two attached hydrogens (primary N) is 1. The van der Waals surface area contributed by atoms with Crippen LogP contribution in [0.4, 0.5) is 0 Å². The number of primary amides is 1. The molecule has 3 N–H and O–H groups in total. The lowest BCUT2D eigenvalue weighted by Gasteiger charge is -2.61. The maximum absolute atomic E-state index is 14.6. The number of amides is 2. The van der Waals surface area contributed by atoms with Crippen molar-refractivity contribution in [3.05, 3.63) is 99.5 Å². The number of carbonyl (C=O) groups is 2. The van der Waals surface area contributed by atoms with E-state index in [-0.39, 0.29) is 11.8 Å². The molecule has 0 bridgehead atoms. The summed E-state index contributed by atoms with van der Waals surface area (Å²) in [6.07, 6.45) is 1.82. The second-order valence-electron chi connectivity index (χ2n) is 10.7. The number of ether oxygens (including phenoxy) is 1. The first-order valence-electron chi connectivity index (χ1n) is 13.8. The Hall–Kier alpha value is -3.06. The van der Waals surface area contributed by atoms with Crippen LogP contribution in [0, 0.1) is 5.92 Å². The quantitative estimate of drug-likeness (QED) is 0.369. The molecule has 2 fully saturated rings. The lowest BCUT2D eigenvalue weighted by atomic mass is 9.51. The smallest absolute Gasteiger partial charge is 0.258 e. The van der Waals surface area contributed by atoms with Gasteiger partial charge in [-0.25, -0.2) is 0 Å². The van der Waals surface area contributed by atoms with E-state index in [0.717, 1.165) is 24.1 Å². The summed E-state index contributed by atoms with van der Waals surface area (Å²) < 4.78 is 5.61. The van der Waals surface area contributed by atoms with E-state index < -0.39 is 22.8 Å². The highest BCUT2D eigenvalue weighted by molar-refractivity contribution is 6.42. The minimum atomic E-state index is -1.09. The van der Waals surface area contributed by atoms with Gasteiger partial charge in [-0.1, -0.05) is 78.7 Å². The zero-order valence-electron chi connectivity index (χ0n) is 22.8. The zero-order chi connectivity index (χ0) is 28.5. The number of para-hydroxylation sites is 1. The standard InChI is InChI=1S/C32H35Cl2N3O3/c1-3-32(23-15-17-36-20-23)28(21-13-14-25(33)26(34)19-21)31(30(35)39,22-9-5-4-6-10-22)16-18-37(32)29(38)24-11-7-8-12-27(24)40-2/h4-14,19,23,28,36H,3,15-18,20H2,1-2H3,(H2,35,39). The van der Waals surface area contributed by atoms with Crippen molar-refractivity contribution in [2.45, 2.75) is 43.1 Å². The second-order valence-corrected chi connectivity index (χ2v) is 11.6. The van der Waals surface area contributed by atoms with Crippen LogP contribution in [0.5, 0.6) is 5.75 Å². The second kappa shape index (κ2) is 11.4. The van der Waals surface area contributed by atoms with Gasteiger partial charge in [-0.3, -0.25) is 9.59 Å². The highest BCUT2D eigenvalue weighted by Crippen LogP contribution is 2.58. The molecule has 3 aromatic rings. The Kier molecular flexibility index (Phi) is 8.14. The third-order valence-electron chi connectivity index (χ3n) is 9.15. The number of hydrogen-bond donors (Lipinski definition) is 2. The van der Waals surface area contributed by atoms with Gasteiger partial charge in [-0.15, -0.1) is 0 Å². The van der Waals surface area contributed by atoms with Crippen LogP contribution < -0.4 is 15.8 Å². The molecule has 2 heterocycles. The summed E-state index contributed by atoms with van der Waals surface area (Å²) in [4.78, 5) is 30.5. The zero-order valence-corrected chi connectivity index (χ0v) is 24.3. The van der Waals surface area contributed by atoms with Crippen molar-refractivity contribution in [2.24, 2.45) is 11.7 Å². The van der Waals surface area contributed by atoms with Gasteiger partial charge in [-0.2, -0.15) is 0 Å². The highest BCUT2D eigenvalue weighted by atomic mass is 35.5. The maximum atomic E-state index is 14.6. The van der Waals surface area contributed by atoms with Gasteiger partial charge in [0.15, 0.2) is 0 Å². The fraction of sp³-hybridized carbons (Fsp3) is 0.375. The average Bonchev–Trinajstić information content (AvgIpc) is 3.53. The number of piperidine rings is 1. The van der Waals surface area contributed by atoms with Crippen LogP contribution in [0.2, 0.25) is 10.0 Å². The molecule has 0 aromatic heterocycles. The minimum Gasteiger partial charge on any atom is -0.496 e. The summed E-state index contributed by atoms with van der Waals surface area (Å²) in [6, 6.07) is 22.6. The predicted molar refractivity (Wildman–Crippen MR) is 159 cm³/mol. The summed E-state index contributed by atoms with van der Waals surface area (Å²) in [5.74, 6) is -0.455. The molecular weight excluding hydrogens is 545 g/mol. The highest BCUT2D eigenvalue weighted by Gasteiger charge is 2.64. The van der Waals surface area contributed by atoms with Crippen LogP contribution in [0.1, 0.15) is 53.6 Å². The molecule has 2 aliphatic rings. The molecule has 210 valence electrons. The van der Waals surface area contributed by atoms with Crippen LogP contribution in [0.25, 0.3) is 0 Å². The molecule has 4 atom stereocenters. The molecule has 0 saturated carbocycles. The van der Waals surface area contributed by atoms with E-state index in [4.69, 9.17) is 33.7 Å². The number of rotatable bonds is 7. The lowest BCUT2D eigenvalue weighted by molar-refractivity contribution is -0.131. The number of nitrogens with zero attached hydrogens (tertiary/aromatic N) is 1. The SMILES string of the molecule is CCC1(C2CCNC2)C(c2ccc(Cl)c(Cl)c2)C(C(N)=O)(c2ccccc2)CCN1C(=O)c1ccccc1OC. The molecule has 2 saturated heterocycles. The Balaban J connectivity index is 1.83. The van der Waals surface area contributed by atoms with E-state index in [2.05, 4.69) is 12.2 Å². The average molecular weight is 581 g/mol. The van der Waals surface area contributed by atoms with Gasteiger partial charge in [-0.05, 0) is 67.1 Å². The molecule has 0 radical (unpaired) electrons. The van der Waals surface area contributed by atoms with Gasteiger partial charge in [0.1, 0.15) is 5.75 Å². The van der Waals surface area contributed by atoms with Crippen molar-refractivity contribution in [1.82, 2.24) is 10.2 Å². The van der Waals surface area contributed by atoms with E-state index in [1.165, 1.54) is 0 Å². The Morgan fingerprint density at radius 1 is 1.05 bits per heavy atom. The summed E-state index contributed by atoms with van der Waals surface area (Å²) in [6.45, 7) is 4.00. The van der Waals surface area contributed by atoms with E-state index in [9.17, 15) is 9.59 Å². The molecular formula is C32H35Cl2N3O3. The largest absolute Gasteiger partial charge is 0.496 e. The monoisotopic (exact) mass is 579 g/mol. The van der Waals surface area contributed by atoms with Crippen molar-refractivity contribution < 1.29 is 14.3 Å². The number of nitrogens with one attached hydrogen (secondary N) is 1. The number of benzene rings is 3. The van der Waals surface area contributed by atoms with E-state index in [1.807, 2.05) is 59.5 Å². The van der Waals surface area contributed by atoms with Crippen LogP contribution in [0.15, 0.2) is 72.8 Å². The summed E-state index contributed by atoms with van der Waals surface area (Å²) >= 11 is 13.0. The molecule has 5 rings (SSSR count). The number of carbonyl (C=O) groups excluding carboxylic acids is 2. The van der Waals surface area contributed by atoms with Gasteiger partial charge in [0, 0.05) is 19.0 Å². The number of methoxy groups -OCH3 is 1. The fourth-order valence-corrected chi connectivity index (χ4v) is 7.73. The molecule has 40 heavy (non-hydrogen) atoms. The van der Waals surface area contributed by atoms with Crippen LogP contribution in [0.3, 0.4) is 0 Å². The predicted octanol–water partition coefficient (Wildman–Crippen LogP) is 5.81. The van der Waals surface area contributed by atoms with Crippen LogP contribution in [-0.4, -0.2) is 49.0 Å². The Labute approximate surface area is 245 Å². The van der Waals surface area contributed by atoms with Gasteiger partial charge >= 0.3 is 0 Å². The fourth-order valence-electron chi connectivity index (χ4n) is 7.42. The first-order chi connectivity index (χ1) is 19.3. The number of likely N-dealkylation sites (tertiary alicyclic amines) is 1. The van der Waals surface area contributed by atoms with Crippen molar-refractivity contribution in [3.63, 3.8) is 0 Å². The molecule has 3 aromatic carbocycles. The molecule has 2 amide bonds.